The molecular formula is C22H24ClN5O2S2. The minimum absolute atomic E-state index is 0.104. The van der Waals surface area contributed by atoms with Gasteiger partial charge in [0.25, 0.3) is 0 Å². The van der Waals surface area contributed by atoms with Crippen molar-refractivity contribution >= 4 is 46.7 Å². The van der Waals surface area contributed by atoms with Crippen LogP contribution in [0.3, 0.4) is 0 Å². The van der Waals surface area contributed by atoms with Gasteiger partial charge < -0.3 is 10.1 Å². The Balaban J connectivity index is 1.32. The Bertz CT molecular complexity index is 1070. The zero-order valence-corrected chi connectivity index (χ0v) is 20.0. The molecule has 0 spiro atoms. The second-order valence-electron chi connectivity index (χ2n) is 7.24. The fourth-order valence-corrected chi connectivity index (χ4v) is 5.14. The molecule has 0 bridgehead atoms. The number of methoxy groups -OCH3 is 1. The molecule has 168 valence electrons. The number of amides is 1. The van der Waals surface area contributed by atoms with Crippen LogP contribution < -0.4 is 10.1 Å². The van der Waals surface area contributed by atoms with E-state index in [1.807, 2.05) is 30.0 Å². The van der Waals surface area contributed by atoms with Crippen LogP contribution in [0.25, 0.3) is 11.4 Å². The Labute approximate surface area is 200 Å². The van der Waals surface area contributed by atoms with Crippen molar-refractivity contribution in [3.05, 3.63) is 53.1 Å². The first-order valence-corrected chi connectivity index (χ1v) is 12.7. The fraction of sp³-hybridized carbons (Fsp3) is 0.318. The number of aromatic nitrogens is 3. The number of nitrogens with one attached hydrogen (secondary N) is 2. The topological polar surface area (TPSA) is 83.1 Å². The number of benzene rings is 2. The van der Waals surface area contributed by atoms with Gasteiger partial charge in [0.1, 0.15) is 5.75 Å². The zero-order chi connectivity index (χ0) is 22.3. The second-order valence-corrected chi connectivity index (χ2v) is 9.84. The number of rotatable bonds is 8. The van der Waals surface area contributed by atoms with E-state index in [0.717, 1.165) is 25.3 Å². The van der Waals surface area contributed by atoms with Gasteiger partial charge in [0.15, 0.2) is 5.82 Å². The van der Waals surface area contributed by atoms with Crippen LogP contribution in [-0.4, -0.2) is 63.4 Å². The number of nitrogens with zero attached hydrogens (tertiary/aromatic N) is 3. The molecule has 4 rings (SSSR count). The number of carbonyl (C=O) groups is 1. The van der Waals surface area contributed by atoms with Crippen LogP contribution in [0.2, 0.25) is 5.02 Å². The van der Waals surface area contributed by atoms with Crippen molar-refractivity contribution in [2.24, 2.45) is 0 Å². The lowest BCUT2D eigenvalue weighted by molar-refractivity contribution is -0.113. The lowest BCUT2D eigenvalue weighted by Gasteiger charge is -2.26. The standard InChI is InChI=1S/C22H24ClN5O2S2/c1-30-19-6-5-16(23)12-18(19)21-25-22(27-26-21)32-14-20(29)24-17-4-2-3-15(11-17)13-28-7-9-31-10-8-28/h2-6,11-12H,7-10,13-14H2,1H3,(H,24,29)(H,25,26,27). The molecule has 0 saturated carbocycles. The van der Waals surface area contributed by atoms with Crippen LogP contribution in [0.5, 0.6) is 5.75 Å². The molecular weight excluding hydrogens is 466 g/mol. The van der Waals surface area contributed by atoms with Crippen LogP contribution in [0.1, 0.15) is 5.56 Å². The molecule has 0 aliphatic carbocycles. The first-order chi connectivity index (χ1) is 15.6. The molecule has 1 aromatic heterocycles. The van der Waals surface area contributed by atoms with E-state index in [9.17, 15) is 4.79 Å². The van der Waals surface area contributed by atoms with Gasteiger partial charge in [-0.1, -0.05) is 35.5 Å². The molecule has 7 nitrogen and oxygen atoms in total. The molecule has 3 aromatic rings. The summed E-state index contributed by atoms with van der Waals surface area (Å²) in [6.45, 7) is 3.13. The highest BCUT2D eigenvalue weighted by Gasteiger charge is 2.14. The van der Waals surface area contributed by atoms with E-state index in [-0.39, 0.29) is 11.7 Å². The van der Waals surface area contributed by atoms with E-state index >= 15 is 0 Å². The third-order valence-electron chi connectivity index (χ3n) is 4.93. The van der Waals surface area contributed by atoms with Crippen molar-refractivity contribution in [1.82, 2.24) is 20.1 Å². The number of hydrogen-bond acceptors (Lipinski definition) is 7. The highest BCUT2D eigenvalue weighted by molar-refractivity contribution is 7.99. The van der Waals surface area contributed by atoms with Gasteiger partial charge in [0.05, 0.1) is 18.4 Å². The summed E-state index contributed by atoms with van der Waals surface area (Å²) in [6, 6.07) is 13.3. The molecule has 0 atom stereocenters. The molecule has 1 amide bonds. The van der Waals surface area contributed by atoms with Crippen molar-refractivity contribution in [1.29, 1.82) is 0 Å². The first kappa shape index (κ1) is 23.0. The molecule has 10 heteroatoms. The summed E-state index contributed by atoms with van der Waals surface area (Å²) in [5, 5.41) is 11.1. The van der Waals surface area contributed by atoms with E-state index < -0.39 is 0 Å². The van der Waals surface area contributed by atoms with Crippen LogP contribution in [0.15, 0.2) is 47.6 Å². The summed E-state index contributed by atoms with van der Waals surface area (Å²) < 4.78 is 5.36. The van der Waals surface area contributed by atoms with E-state index in [1.54, 1.807) is 25.3 Å². The lowest BCUT2D eigenvalue weighted by Crippen LogP contribution is -2.31. The number of ether oxygens (including phenoxy) is 1. The van der Waals surface area contributed by atoms with E-state index in [4.69, 9.17) is 16.3 Å². The zero-order valence-electron chi connectivity index (χ0n) is 17.6. The molecule has 1 aliphatic rings. The molecule has 2 aromatic carbocycles. The number of anilines is 1. The SMILES string of the molecule is COc1ccc(Cl)cc1-c1nc(SCC(=O)Nc2cccc(CN3CCSCC3)c2)n[nH]1. The maximum Gasteiger partial charge on any atom is 0.234 e. The Morgan fingerprint density at radius 1 is 1.28 bits per heavy atom. The number of thioether (sulfide) groups is 2. The maximum absolute atomic E-state index is 12.5. The van der Waals surface area contributed by atoms with E-state index in [1.165, 1.54) is 28.8 Å². The summed E-state index contributed by atoms with van der Waals surface area (Å²) in [6.07, 6.45) is 0. The predicted molar refractivity (Wildman–Crippen MR) is 132 cm³/mol. The highest BCUT2D eigenvalue weighted by Crippen LogP contribution is 2.31. The average molecular weight is 490 g/mol. The monoisotopic (exact) mass is 489 g/mol. The Kier molecular flexibility index (Phi) is 7.96. The second kappa shape index (κ2) is 11.1. The number of hydrogen-bond donors (Lipinski definition) is 2. The molecule has 1 aliphatic heterocycles. The molecule has 1 fully saturated rings. The van der Waals surface area contributed by atoms with Crippen molar-refractivity contribution in [3.8, 4) is 17.1 Å². The normalized spacial score (nSPS) is 14.3. The van der Waals surface area contributed by atoms with E-state index in [2.05, 4.69) is 31.5 Å². The lowest BCUT2D eigenvalue weighted by atomic mass is 10.2. The van der Waals surface area contributed by atoms with Gasteiger partial charge in [0, 0.05) is 41.8 Å². The summed E-state index contributed by atoms with van der Waals surface area (Å²) in [4.78, 5) is 19.4. The number of halogens is 1. The summed E-state index contributed by atoms with van der Waals surface area (Å²) >= 11 is 9.36. The van der Waals surface area contributed by atoms with Crippen LogP contribution >= 0.6 is 35.1 Å². The minimum atomic E-state index is -0.104. The third-order valence-corrected chi connectivity index (χ3v) is 6.96. The van der Waals surface area contributed by atoms with Crippen molar-refractivity contribution in [3.63, 3.8) is 0 Å². The molecule has 2 N–H and O–H groups in total. The minimum Gasteiger partial charge on any atom is -0.496 e. The number of carbonyl (C=O) groups excluding carboxylic acids is 1. The van der Waals surface area contributed by atoms with Gasteiger partial charge in [0.2, 0.25) is 11.1 Å². The highest BCUT2D eigenvalue weighted by atomic mass is 35.5. The summed E-state index contributed by atoms with van der Waals surface area (Å²) in [5.74, 6) is 3.64. The Hall–Kier alpha value is -2.20. The van der Waals surface area contributed by atoms with E-state index in [0.29, 0.717) is 27.3 Å². The molecule has 2 heterocycles. The van der Waals surface area contributed by atoms with Crippen LogP contribution in [-0.2, 0) is 11.3 Å². The largest absolute Gasteiger partial charge is 0.496 e. The Morgan fingerprint density at radius 3 is 2.94 bits per heavy atom. The van der Waals surface area contributed by atoms with Crippen LogP contribution in [0.4, 0.5) is 5.69 Å². The predicted octanol–water partition coefficient (Wildman–Crippen LogP) is 4.41. The van der Waals surface area contributed by atoms with Gasteiger partial charge in [-0.25, -0.2) is 4.98 Å². The summed E-state index contributed by atoms with van der Waals surface area (Å²) in [5.41, 5.74) is 2.73. The van der Waals surface area contributed by atoms with Crippen molar-refractivity contribution in [2.45, 2.75) is 11.7 Å². The molecule has 1 saturated heterocycles. The first-order valence-electron chi connectivity index (χ1n) is 10.2. The van der Waals surface area contributed by atoms with Gasteiger partial charge in [-0.2, -0.15) is 11.8 Å². The quantitative estimate of drug-likeness (QED) is 0.453. The number of aromatic amines is 1. The molecule has 0 unspecified atom stereocenters. The van der Waals surface area contributed by atoms with Crippen molar-refractivity contribution < 1.29 is 9.53 Å². The van der Waals surface area contributed by atoms with Gasteiger partial charge in [-0.15, -0.1) is 5.10 Å². The number of H-pyrrole nitrogens is 1. The third kappa shape index (κ3) is 6.19. The average Bonchev–Trinajstić information content (AvgIpc) is 3.28. The fourth-order valence-electron chi connectivity index (χ4n) is 3.39. The molecule has 0 radical (unpaired) electrons. The maximum atomic E-state index is 12.5. The Morgan fingerprint density at radius 2 is 2.12 bits per heavy atom. The van der Waals surface area contributed by atoms with Crippen LogP contribution in [0, 0.1) is 0 Å². The van der Waals surface area contributed by atoms with Gasteiger partial charge in [-0.3, -0.25) is 14.8 Å². The molecule has 32 heavy (non-hydrogen) atoms. The van der Waals surface area contributed by atoms with Crippen molar-refractivity contribution in [2.75, 3.05) is 42.8 Å². The van der Waals surface area contributed by atoms with Gasteiger partial charge >= 0.3 is 0 Å². The smallest absolute Gasteiger partial charge is 0.234 e. The van der Waals surface area contributed by atoms with Gasteiger partial charge in [-0.05, 0) is 35.9 Å². The summed E-state index contributed by atoms with van der Waals surface area (Å²) in [7, 11) is 1.59.